The van der Waals surface area contributed by atoms with Gasteiger partial charge in [0.2, 0.25) is 0 Å². The summed E-state index contributed by atoms with van der Waals surface area (Å²) in [7, 11) is 1.69. The van der Waals surface area contributed by atoms with Crippen LogP contribution < -0.4 is 4.74 Å². The number of ether oxygens (including phenoxy) is 1. The van der Waals surface area contributed by atoms with Crippen molar-refractivity contribution in [2.24, 2.45) is 0 Å². The summed E-state index contributed by atoms with van der Waals surface area (Å²) in [5.74, 6) is 0.524. The van der Waals surface area contributed by atoms with Gasteiger partial charge in [0.05, 0.1) is 7.11 Å². The van der Waals surface area contributed by atoms with Gasteiger partial charge in [-0.3, -0.25) is 4.79 Å². The van der Waals surface area contributed by atoms with E-state index in [2.05, 4.69) is 26.0 Å². The normalized spacial score (nSPS) is 12.2. The summed E-state index contributed by atoms with van der Waals surface area (Å²) in [5, 5.41) is 8.66. The fourth-order valence-corrected chi connectivity index (χ4v) is 2.35. The number of benzene rings is 1. The Bertz CT molecular complexity index is 424. The molecule has 18 heavy (non-hydrogen) atoms. The van der Waals surface area contributed by atoms with Crippen LogP contribution in [0.2, 0.25) is 0 Å². The van der Waals surface area contributed by atoms with Crippen molar-refractivity contribution in [3.63, 3.8) is 0 Å². The van der Waals surface area contributed by atoms with Crippen LogP contribution in [0.4, 0.5) is 0 Å². The molecule has 3 nitrogen and oxygen atoms in total. The summed E-state index contributed by atoms with van der Waals surface area (Å²) in [4.78, 5) is 10.5. The van der Waals surface area contributed by atoms with Crippen molar-refractivity contribution < 1.29 is 14.6 Å². The minimum atomic E-state index is -0.727. The monoisotopic (exact) mass is 250 g/mol. The highest BCUT2D eigenvalue weighted by molar-refractivity contribution is 5.66. The Hall–Kier alpha value is -1.51. The number of rotatable bonds is 6. The molecule has 1 aromatic carbocycles. The molecule has 1 rings (SSSR count). The first kappa shape index (κ1) is 14.6. The first-order valence-electron chi connectivity index (χ1n) is 6.32. The van der Waals surface area contributed by atoms with Crippen LogP contribution in [0.3, 0.4) is 0 Å². The first-order valence-corrected chi connectivity index (χ1v) is 6.32. The summed E-state index contributed by atoms with van der Waals surface area (Å²) >= 11 is 0. The van der Waals surface area contributed by atoms with Crippen LogP contribution in [0, 0.1) is 13.8 Å². The fraction of sp³-hybridized carbons (Fsp3) is 0.533. The topological polar surface area (TPSA) is 46.5 Å². The number of carboxylic acid groups (broad SMARTS) is 1. The molecule has 0 aliphatic heterocycles. The van der Waals surface area contributed by atoms with Gasteiger partial charge in [0.1, 0.15) is 5.75 Å². The number of hydrogen-bond donors (Lipinski definition) is 1. The van der Waals surface area contributed by atoms with E-state index < -0.39 is 5.97 Å². The molecule has 0 saturated carbocycles. The average Bonchev–Trinajstić information content (AvgIpc) is 2.27. The molecule has 0 fully saturated rings. The molecule has 1 aromatic rings. The predicted molar refractivity (Wildman–Crippen MR) is 72.4 cm³/mol. The third-order valence-corrected chi connectivity index (χ3v) is 3.21. The lowest BCUT2D eigenvalue weighted by Crippen LogP contribution is -2.02. The Morgan fingerprint density at radius 3 is 2.61 bits per heavy atom. The van der Waals surface area contributed by atoms with Crippen LogP contribution in [0.25, 0.3) is 0 Å². The Labute approximate surface area is 109 Å². The van der Waals surface area contributed by atoms with E-state index in [9.17, 15) is 4.79 Å². The van der Waals surface area contributed by atoms with Crippen LogP contribution in [0.15, 0.2) is 12.1 Å². The minimum absolute atomic E-state index is 0.234. The van der Waals surface area contributed by atoms with Crippen LogP contribution in [0.1, 0.15) is 48.8 Å². The van der Waals surface area contributed by atoms with Gasteiger partial charge < -0.3 is 9.84 Å². The Morgan fingerprint density at radius 1 is 1.39 bits per heavy atom. The van der Waals surface area contributed by atoms with E-state index in [4.69, 9.17) is 9.84 Å². The zero-order valence-corrected chi connectivity index (χ0v) is 11.6. The molecule has 0 bridgehead atoms. The highest BCUT2D eigenvalue weighted by atomic mass is 16.5. The number of aryl methyl sites for hydroxylation is 2. The van der Waals surface area contributed by atoms with E-state index in [0.717, 1.165) is 17.7 Å². The zero-order valence-electron chi connectivity index (χ0n) is 11.6. The Balaban J connectivity index is 2.83. The fourth-order valence-electron chi connectivity index (χ4n) is 2.35. The summed E-state index contributed by atoms with van der Waals surface area (Å²) < 4.78 is 5.46. The quantitative estimate of drug-likeness (QED) is 0.838. The molecule has 0 heterocycles. The van der Waals surface area contributed by atoms with Crippen LogP contribution in [0.5, 0.6) is 5.75 Å². The summed E-state index contributed by atoms with van der Waals surface area (Å²) in [6, 6.07) is 4.24. The van der Waals surface area contributed by atoms with Gasteiger partial charge in [-0.15, -0.1) is 0 Å². The predicted octanol–water partition coefficient (Wildman–Crippen LogP) is 3.67. The Morgan fingerprint density at radius 2 is 2.06 bits per heavy atom. The van der Waals surface area contributed by atoms with Crippen molar-refractivity contribution in [3.8, 4) is 5.75 Å². The molecule has 3 heteroatoms. The first-order chi connectivity index (χ1) is 8.45. The second kappa shape index (κ2) is 6.43. The van der Waals surface area contributed by atoms with Crippen molar-refractivity contribution in [1.29, 1.82) is 0 Å². The van der Waals surface area contributed by atoms with Gasteiger partial charge >= 0.3 is 5.97 Å². The molecule has 1 unspecified atom stereocenters. The van der Waals surface area contributed by atoms with Gasteiger partial charge in [-0.05, 0) is 43.7 Å². The molecule has 0 saturated heterocycles. The molecule has 100 valence electrons. The molecule has 0 aliphatic rings. The van der Waals surface area contributed by atoms with E-state index in [0.29, 0.717) is 12.3 Å². The molecular weight excluding hydrogens is 228 g/mol. The van der Waals surface area contributed by atoms with Crippen molar-refractivity contribution in [2.45, 2.75) is 46.0 Å². The van der Waals surface area contributed by atoms with Crippen molar-refractivity contribution in [3.05, 3.63) is 28.8 Å². The molecule has 0 amide bonds. The maximum Gasteiger partial charge on any atom is 0.303 e. The Kier molecular flexibility index (Phi) is 5.20. The zero-order chi connectivity index (χ0) is 13.7. The molecule has 1 N–H and O–H groups in total. The third-order valence-electron chi connectivity index (χ3n) is 3.21. The molecule has 0 aliphatic carbocycles. The van der Waals surface area contributed by atoms with E-state index in [-0.39, 0.29) is 6.42 Å². The number of carbonyl (C=O) groups is 1. The molecular formula is C15H22O3. The lowest BCUT2D eigenvalue weighted by molar-refractivity contribution is -0.137. The molecule has 0 spiro atoms. The molecule has 1 atom stereocenters. The lowest BCUT2D eigenvalue weighted by Gasteiger charge is -2.18. The second-order valence-electron chi connectivity index (χ2n) is 4.89. The maximum atomic E-state index is 10.5. The van der Waals surface area contributed by atoms with Gasteiger partial charge in [0.15, 0.2) is 0 Å². The van der Waals surface area contributed by atoms with Gasteiger partial charge in [-0.2, -0.15) is 0 Å². The third kappa shape index (κ3) is 3.76. The number of hydrogen-bond acceptors (Lipinski definition) is 2. The minimum Gasteiger partial charge on any atom is -0.496 e. The van der Waals surface area contributed by atoms with E-state index >= 15 is 0 Å². The molecule has 0 aromatic heterocycles. The van der Waals surface area contributed by atoms with Crippen LogP contribution in [-0.2, 0) is 4.79 Å². The average molecular weight is 250 g/mol. The van der Waals surface area contributed by atoms with Crippen LogP contribution in [-0.4, -0.2) is 18.2 Å². The van der Waals surface area contributed by atoms with Crippen molar-refractivity contribution >= 4 is 5.97 Å². The van der Waals surface area contributed by atoms with E-state index in [1.807, 2.05) is 6.92 Å². The van der Waals surface area contributed by atoms with Crippen molar-refractivity contribution in [1.82, 2.24) is 0 Å². The highest BCUT2D eigenvalue weighted by Crippen LogP contribution is 2.33. The number of aliphatic carboxylic acids is 1. The van der Waals surface area contributed by atoms with Gasteiger partial charge in [0.25, 0.3) is 0 Å². The maximum absolute atomic E-state index is 10.5. The SMILES string of the molecule is COc1c(C)cc(C)cc1C(C)CCCC(=O)O. The largest absolute Gasteiger partial charge is 0.496 e. The standard InChI is InChI=1S/C15H22O3/c1-10-8-12(3)15(18-4)13(9-10)11(2)6-5-7-14(16)17/h8-9,11H,5-7H2,1-4H3,(H,16,17). The highest BCUT2D eigenvalue weighted by Gasteiger charge is 2.14. The lowest BCUT2D eigenvalue weighted by atomic mass is 9.91. The number of carboxylic acids is 1. The van der Waals surface area contributed by atoms with E-state index in [1.54, 1.807) is 7.11 Å². The summed E-state index contributed by atoms with van der Waals surface area (Å²) in [5.41, 5.74) is 3.53. The van der Waals surface area contributed by atoms with Gasteiger partial charge in [0, 0.05) is 6.42 Å². The molecule has 0 radical (unpaired) electrons. The van der Waals surface area contributed by atoms with Crippen molar-refractivity contribution in [2.75, 3.05) is 7.11 Å². The summed E-state index contributed by atoms with van der Waals surface area (Å²) in [6.07, 6.45) is 1.80. The van der Waals surface area contributed by atoms with Gasteiger partial charge in [-0.25, -0.2) is 0 Å². The van der Waals surface area contributed by atoms with Gasteiger partial charge in [-0.1, -0.05) is 24.6 Å². The smallest absolute Gasteiger partial charge is 0.303 e. The number of methoxy groups -OCH3 is 1. The summed E-state index contributed by atoms with van der Waals surface area (Å²) in [6.45, 7) is 6.23. The second-order valence-corrected chi connectivity index (χ2v) is 4.89. The van der Waals surface area contributed by atoms with Crippen LogP contribution >= 0.6 is 0 Å². The van der Waals surface area contributed by atoms with E-state index in [1.165, 1.54) is 11.1 Å².